The van der Waals surface area contributed by atoms with Gasteiger partial charge in [-0.3, -0.25) is 4.79 Å². The van der Waals surface area contributed by atoms with Crippen LogP contribution in [-0.4, -0.2) is 34.7 Å². The minimum Gasteiger partial charge on any atom is -0.480 e. The Balaban J connectivity index is 4.09. The molecule has 1 amide bonds. The van der Waals surface area contributed by atoms with Crippen LogP contribution < -0.4 is 5.32 Å². The van der Waals surface area contributed by atoms with Crippen LogP contribution in [0.15, 0.2) is 12.2 Å². The second-order valence-corrected chi connectivity index (χ2v) is 2.41. The minimum absolute atomic E-state index is 0.0125. The SMILES string of the molecule is C/C=C/C(=O)NC(CCO)C(=O)O. The zero-order valence-electron chi connectivity index (χ0n) is 7.36. The summed E-state index contributed by atoms with van der Waals surface area (Å²) >= 11 is 0. The van der Waals surface area contributed by atoms with Crippen molar-refractivity contribution in [2.45, 2.75) is 19.4 Å². The fourth-order valence-electron chi connectivity index (χ4n) is 0.758. The van der Waals surface area contributed by atoms with Gasteiger partial charge in [0.05, 0.1) is 0 Å². The molecule has 1 atom stereocenters. The van der Waals surface area contributed by atoms with E-state index in [-0.39, 0.29) is 13.0 Å². The van der Waals surface area contributed by atoms with Crippen LogP contribution in [0.2, 0.25) is 0 Å². The highest BCUT2D eigenvalue weighted by atomic mass is 16.4. The van der Waals surface area contributed by atoms with E-state index in [1.54, 1.807) is 6.92 Å². The highest BCUT2D eigenvalue weighted by Gasteiger charge is 2.17. The molecule has 0 saturated heterocycles. The highest BCUT2D eigenvalue weighted by Crippen LogP contribution is 1.91. The molecular formula is C8H13NO4. The second-order valence-electron chi connectivity index (χ2n) is 2.41. The van der Waals surface area contributed by atoms with Gasteiger partial charge in [-0.1, -0.05) is 6.08 Å². The maximum atomic E-state index is 10.9. The minimum atomic E-state index is -1.15. The molecular weight excluding hydrogens is 174 g/mol. The first-order chi connectivity index (χ1) is 6.11. The first-order valence-corrected chi connectivity index (χ1v) is 3.88. The molecule has 0 spiro atoms. The summed E-state index contributed by atoms with van der Waals surface area (Å²) in [4.78, 5) is 21.4. The number of amides is 1. The van der Waals surface area contributed by atoms with Gasteiger partial charge >= 0.3 is 5.97 Å². The van der Waals surface area contributed by atoms with Crippen LogP contribution in [0.5, 0.6) is 0 Å². The predicted molar refractivity (Wildman–Crippen MR) is 46.1 cm³/mol. The highest BCUT2D eigenvalue weighted by molar-refractivity contribution is 5.90. The zero-order chi connectivity index (χ0) is 10.3. The van der Waals surface area contributed by atoms with Crippen LogP contribution in [0.4, 0.5) is 0 Å². The molecule has 0 saturated carbocycles. The average Bonchev–Trinajstić information content (AvgIpc) is 2.04. The van der Waals surface area contributed by atoms with Crippen molar-refractivity contribution < 1.29 is 19.8 Å². The third-order valence-electron chi connectivity index (χ3n) is 1.35. The number of aliphatic hydroxyl groups is 1. The Kier molecular flexibility index (Phi) is 5.54. The van der Waals surface area contributed by atoms with Crippen LogP contribution in [0.25, 0.3) is 0 Å². The average molecular weight is 187 g/mol. The molecule has 74 valence electrons. The van der Waals surface area contributed by atoms with Crippen molar-refractivity contribution in [2.75, 3.05) is 6.61 Å². The molecule has 1 unspecified atom stereocenters. The number of carboxylic acid groups (broad SMARTS) is 1. The molecule has 0 fully saturated rings. The summed E-state index contributed by atoms with van der Waals surface area (Å²) in [6, 6.07) is -1.02. The third-order valence-corrected chi connectivity index (χ3v) is 1.35. The van der Waals surface area contributed by atoms with Crippen LogP contribution in [0, 0.1) is 0 Å². The fourth-order valence-corrected chi connectivity index (χ4v) is 0.758. The van der Waals surface area contributed by atoms with Crippen molar-refractivity contribution in [1.29, 1.82) is 0 Å². The van der Waals surface area contributed by atoms with E-state index in [2.05, 4.69) is 5.32 Å². The summed E-state index contributed by atoms with van der Waals surface area (Å²) in [6.45, 7) is 1.38. The van der Waals surface area contributed by atoms with E-state index in [1.165, 1.54) is 12.2 Å². The van der Waals surface area contributed by atoms with E-state index in [9.17, 15) is 9.59 Å². The molecule has 5 nitrogen and oxygen atoms in total. The van der Waals surface area contributed by atoms with Crippen LogP contribution in [0.1, 0.15) is 13.3 Å². The molecule has 0 aliphatic heterocycles. The lowest BCUT2D eigenvalue weighted by Gasteiger charge is -2.10. The van der Waals surface area contributed by atoms with Crippen molar-refractivity contribution in [3.05, 3.63) is 12.2 Å². The Morgan fingerprint density at radius 3 is 2.54 bits per heavy atom. The van der Waals surface area contributed by atoms with Gasteiger partial charge in [0.25, 0.3) is 0 Å². The number of hydrogen-bond acceptors (Lipinski definition) is 3. The van der Waals surface area contributed by atoms with E-state index in [1.807, 2.05) is 0 Å². The van der Waals surface area contributed by atoms with Crippen LogP contribution >= 0.6 is 0 Å². The van der Waals surface area contributed by atoms with Gasteiger partial charge in [0.15, 0.2) is 0 Å². The topological polar surface area (TPSA) is 86.6 Å². The molecule has 0 rings (SSSR count). The molecule has 0 aliphatic carbocycles. The van der Waals surface area contributed by atoms with E-state index in [0.717, 1.165) is 0 Å². The van der Waals surface area contributed by atoms with E-state index < -0.39 is 17.9 Å². The van der Waals surface area contributed by atoms with E-state index >= 15 is 0 Å². The van der Waals surface area contributed by atoms with Crippen molar-refractivity contribution >= 4 is 11.9 Å². The molecule has 0 aromatic carbocycles. The molecule has 13 heavy (non-hydrogen) atoms. The normalized spacial score (nSPS) is 12.8. The smallest absolute Gasteiger partial charge is 0.326 e. The van der Waals surface area contributed by atoms with Gasteiger partial charge in [-0.2, -0.15) is 0 Å². The zero-order valence-corrected chi connectivity index (χ0v) is 7.36. The number of carboxylic acids is 1. The molecule has 0 aliphatic rings. The fraction of sp³-hybridized carbons (Fsp3) is 0.500. The Morgan fingerprint density at radius 1 is 1.54 bits per heavy atom. The summed E-state index contributed by atoms with van der Waals surface area (Å²) in [5.74, 6) is -1.62. The molecule has 5 heteroatoms. The number of aliphatic hydroxyl groups excluding tert-OH is 1. The number of hydrogen-bond donors (Lipinski definition) is 3. The monoisotopic (exact) mass is 187 g/mol. The van der Waals surface area contributed by atoms with Gasteiger partial charge in [-0.05, 0) is 13.0 Å². The van der Waals surface area contributed by atoms with Gasteiger partial charge in [0.1, 0.15) is 6.04 Å². The molecule has 0 bridgehead atoms. The predicted octanol–water partition coefficient (Wildman–Crippen LogP) is -0.486. The number of carbonyl (C=O) groups excluding carboxylic acids is 1. The standard InChI is InChI=1S/C8H13NO4/c1-2-3-7(11)9-6(4-5-10)8(12)13/h2-3,6,10H,4-5H2,1H3,(H,9,11)(H,12,13)/b3-2+. The molecule has 0 radical (unpaired) electrons. The Labute approximate surface area is 76.1 Å². The largest absolute Gasteiger partial charge is 0.480 e. The molecule has 3 N–H and O–H groups in total. The van der Waals surface area contributed by atoms with Crippen molar-refractivity contribution in [3.8, 4) is 0 Å². The maximum Gasteiger partial charge on any atom is 0.326 e. The number of allylic oxidation sites excluding steroid dienone is 1. The van der Waals surface area contributed by atoms with Gasteiger partial charge in [-0.25, -0.2) is 4.79 Å². The number of rotatable bonds is 5. The van der Waals surface area contributed by atoms with Crippen LogP contribution in [0.3, 0.4) is 0 Å². The van der Waals surface area contributed by atoms with Crippen LogP contribution in [-0.2, 0) is 9.59 Å². The lowest BCUT2D eigenvalue weighted by Crippen LogP contribution is -2.40. The molecule has 0 heterocycles. The number of carbonyl (C=O) groups is 2. The van der Waals surface area contributed by atoms with Crippen molar-refractivity contribution in [1.82, 2.24) is 5.32 Å². The summed E-state index contributed by atoms with van der Waals surface area (Å²) in [5, 5.41) is 19.3. The molecule has 0 aromatic heterocycles. The van der Waals surface area contributed by atoms with Gasteiger partial charge in [-0.15, -0.1) is 0 Å². The summed E-state index contributed by atoms with van der Waals surface area (Å²) in [7, 11) is 0. The van der Waals surface area contributed by atoms with Crippen molar-refractivity contribution in [3.63, 3.8) is 0 Å². The van der Waals surface area contributed by atoms with Gasteiger partial charge in [0.2, 0.25) is 5.91 Å². The van der Waals surface area contributed by atoms with E-state index in [4.69, 9.17) is 10.2 Å². The molecule has 0 aromatic rings. The quantitative estimate of drug-likeness (QED) is 0.507. The Morgan fingerprint density at radius 2 is 2.15 bits per heavy atom. The van der Waals surface area contributed by atoms with Gasteiger partial charge in [0, 0.05) is 13.0 Å². The Hall–Kier alpha value is -1.36. The first kappa shape index (κ1) is 11.6. The second kappa shape index (κ2) is 6.19. The maximum absolute atomic E-state index is 10.9. The van der Waals surface area contributed by atoms with Crippen molar-refractivity contribution in [2.24, 2.45) is 0 Å². The lowest BCUT2D eigenvalue weighted by molar-refractivity contribution is -0.141. The first-order valence-electron chi connectivity index (χ1n) is 3.88. The summed E-state index contributed by atoms with van der Waals surface area (Å²) in [5.41, 5.74) is 0. The summed E-state index contributed by atoms with van der Waals surface area (Å²) in [6.07, 6.45) is 2.75. The Bertz CT molecular complexity index is 212. The van der Waals surface area contributed by atoms with E-state index in [0.29, 0.717) is 0 Å². The summed E-state index contributed by atoms with van der Waals surface area (Å²) < 4.78 is 0. The third kappa shape index (κ3) is 4.97. The van der Waals surface area contributed by atoms with Gasteiger partial charge < -0.3 is 15.5 Å². The number of aliphatic carboxylic acids is 1. The number of nitrogens with one attached hydrogen (secondary N) is 1. The lowest BCUT2D eigenvalue weighted by atomic mass is 10.2.